The third-order valence-electron chi connectivity index (χ3n) is 5.29. The average Bonchev–Trinajstić information content (AvgIpc) is 3.41. The second-order valence-electron chi connectivity index (χ2n) is 7.53. The van der Waals surface area contributed by atoms with Crippen molar-refractivity contribution in [3.8, 4) is 10.4 Å². The second-order valence-corrected chi connectivity index (χ2v) is 10.6. The van der Waals surface area contributed by atoms with Crippen molar-refractivity contribution in [3.63, 3.8) is 0 Å². The van der Waals surface area contributed by atoms with Crippen molar-refractivity contribution in [2.75, 3.05) is 24.8 Å². The molecule has 4 rings (SSSR count). The summed E-state index contributed by atoms with van der Waals surface area (Å²) in [5, 5.41) is 5.43. The quantitative estimate of drug-likeness (QED) is 0.222. The van der Waals surface area contributed by atoms with E-state index in [1.54, 1.807) is 53.8 Å². The Morgan fingerprint density at radius 2 is 1.76 bits per heavy atom. The maximum Gasteiger partial charge on any atom is 0.361 e. The van der Waals surface area contributed by atoms with Crippen LogP contribution in [0.1, 0.15) is 15.9 Å². The lowest BCUT2D eigenvalue weighted by Gasteiger charge is -2.16. The molecule has 0 saturated carbocycles. The van der Waals surface area contributed by atoms with E-state index < -0.39 is 7.60 Å². The summed E-state index contributed by atoms with van der Waals surface area (Å²) in [5.74, 6) is -0.245. The highest BCUT2D eigenvalue weighted by molar-refractivity contribution is 7.62. The molecule has 1 aromatic heterocycles. The molecule has 3 N–H and O–H groups in total. The SMILES string of the molecule is COP(=O)(OCCc1ccc(C(=O)Nc2cc(-c3cccs3)ccc2N)cc1)c1ccccc1. The van der Waals surface area contributed by atoms with Gasteiger partial charge >= 0.3 is 7.60 Å². The summed E-state index contributed by atoms with van der Waals surface area (Å²) >= 11 is 1.63. The first-order chi connectivity index (χ1) is 16.5. The molecule has 8 heteroatoms. The molecule has 1 atom stereocenters. The zero-order valence-electron chi connectivity index (χ0n) is 18.6. The zero-order valence-corrected chi connectivity index (χ0v) is 20.4. The van der Waals surface area contributed by atoms with Gasteiger partial charge < -0.3 is 20.1 Å². The van der Waals surface area contributed by atoms with Gasteiger partial charge in [0.15, 0.2) is 0 Å². The molecule has 0 aliphatic heterocycles. The lowest BCUT2D eigenvalue weighted by Crippen LogP contribution is -2.13. The summed E-state index contributed by atoms with van der Waals surface area (Å²) in [5.41, 5.74) is 9.62. The van der Waals surface area contributed by atoms with Gasteiger partial charge in [0.1, 0.15) is 0 Å². The van der Waals surface area contributed by atoms with Crippen LogP contribution < -0.4 is 16.4 Å². The Kier molecular flexibility index (Phi) is 7.60. The molecule has 0 radical (unpaired) electrons. The first-order valence-electron chi connectivity index (χ1n) is 10.7. The molecular formula is C26H25N2O4PS. The number of nitrogens with one attached hydrogen (secondary N) is 1. The number of thiophene rings is 1. The monoisotopic (exact) mass is 492 g/mol. The number of benzene rings is 3. The Balaban J connectivity index is 1.37. The van der Waals surface area contributed by atoms with Crippen LogP contribution in [0.2, 0.25) is 0 Å². The number of amides is 1. The first kappa shape index (κ1) is 23.9. The number of carbonyl (C=O) groups excluding carboxylic acids is 1. The highest BCUT2D eigenvalue weighted by Crippen LogP contribution is 2.45. The maximum absolute atomic E-state index is 12.9. The third-order valence-corrected chi connectivity index (χ3v) is 8.14. The number of anilines is 2. The minimum atomic E-state index is -3.36. The van der Waals surface area contributed by atoms with Gasteiger partial charge in [-0.1, -0.05) is 42.5 Å². The third kappa shape index (κ3) is 5.64. The van der Waals surface area contributed by atoms with E-state index >= 15 is 0 Å². The Morgan fingerprint density at radius 1 is 1.00 bits per heavy atom. The Labute approximate surface area is 202 Å². The van der Waals surface area contributed by atoms with Gasteiger partial charge in [-0.15, -0.1) is 11.3 Å². The van der Waals surface area contributed by atoms with E-state index in [4.69, 9.17) is 14.8 Å². The van der Waals surface area contributed by atoms with E-state index in [2.05, 4.69) is 5.32 Å². The molecule has 1 amide bonds. The van der Waals surface area contributed by atoms with Gasteiger partial charge in [-0.2, -0.15) is 0 Å². The molecular weight excluding hydrogens is 467 g/mol. The van der Waals surface area contributed by atoms with Crippen LogP contribution in [0.5, 0.6) is 0 Å². The van der Waals surface area contributed by atoms with Crippen LogP contribution in [0.15, 0.2) is 90.3 Å². The summed E-state index contributed by atoms with van der Waals surface area (Å²) in [4.78, 5) is 13.9. The molecule has 0 saturated heterocycles. The van der Waals surface area contributed by atoms with Gasteiger partial charge in [-0.25, -0.2) is 0 Å². The van der Waals surface area contributed by atoms with Gasteiger partial charge in [0.05, 0.1) is 23.3 Å². The molecule has 174 valence electrons. The number of nitrogens with two attached hydrogens (primary N) is 1. The van der Waals surface area contributed by atoms with E-state index in [-0.39, 0.29) is 12.5 Å². The van der Waals surface area contributed by atoms with Gasteiger partial charge in [0, 0.05) is 17.6 Å². The molecule has 4 aromatic rings. The maximum atomic E-state index is 12.9. The van der Waals surface area contributed by atoms with E-state index in [0.29, 0.717) is 28.7 Å². The topological polar surface area (TPSA) is 90.6 Å². The number of carbonyl (C=O) groups is 1. The van der Waals surface area contributed by atoms with Crippen molar-refractivity contribution in [1.29, 1.82) is 0 Å². The van der Waals surface area contributed by atoms with E-state index in [1.165, 1.54) is 7.11 Å². The van der Waals surface area contributed by atoms with Gasteiger partial charge in [-0.3, -0.25) is 9.36 Å². The Hall–Kier alpha value is -3.22. The predicted octanol–water partition coefficient (Wildman–Crippen LogP) is 5.97. The molecule has 0 spiro atoms. The van der Waals surface area contributed by atoms with E-state index in [9.17, 15) is 9.36 Å². The van der Waals surface area contributed by atoms with Gasteiger partial charge in [0.25, 0.3) is 5.91 Å². The van der Waals surface area contributed by atoms with Gasteiger partial charge in [-0.05, 0) is 65.4 Å². The summed E-state index contributed by atoms with van der Waals surface area (Å²) < 4.78 is 23.7. The minimum absolute atomic E-state index is 0.220. The van der Waals surface area contributed by atoms with Crippen molar-refractivity contribution in [1.82, 2.24) is 0 Å². The summed E-state index contributed by atoms with van der Waals surface area (Å²) in [6.07, 6.45) is 0.526. The summed E-state index contributed by atoms with van der Waals surface area (Å²) in [7, 11) is -1.98. The van der Waals surface area contributed by atoms with Crippen LogP contribution in [0.4, 0.5) is 11.4 Å². The van der Waals surface area contributed by atoms with Crippen LogP contribution in [-0.4, -0.2) is 19.6 Å². The van der Waals surface area contributed by atoms with Gasteiger partial charge in [0.2, 0.25) is 0 Å². The van der Waals surface area contributed by atoms with Crippen LogP contribution in [0, 0.1) is 0 Å². The van der Waals surface area contributed by atoms with Crippen molar-refractivity contribution >= 4 is 41.5 Å². The Morgan fingerprint density at radius 3 is 2.44 bits per heavy atom. The average molecular weight is 493 g/mol. The zero-order chi connectivity index (χ0) is 24.0. The molecule has 0 aliphatic rings. The number of nitrogen functional groups attached to an aromatic ring is 1. The van der Waals surface area contributed by atoms with E-state index in [0.717, 1.165) is 16.0 Å². The second kappa shape index (κ2) is 10.8. The smallest absolute Gasteiger partial charge is 0.361 e. The van der Waals surface area contributed by atoms with Crippen LogP contribution >= 0.6 is 18.9 Å². The largest absolute Gasteiger partial charge is 0.397 e. The fourth-order valence-electron chi connectivity index (χ4n) is 3.40. The minimum Gasteiger partial charge on any atom is -0.397 e. The molecule has 34 heavy (non-hydrogen) atoms. The molecule has 0 aliphatic carbocycles. The first-order valence-corrected chi connectivity index (χ1v) is 13.1. The molecule has 3 aromatic carbocycles. The molecule has 6 nitrogen and oxygen atoms in total. The van der Waals surface area contributed by atoms with E-state index in [1.807, 2.05) is 47.8 Å². The lowest BCUT2D eigenvalue weighted by molar-refractivity contribution is 0.102. The molecule has 1 unspecified atom stereocenters. The van der Waals surface area contributed by atoms with Crippen LogP contribution in [-0.2, 0) is 20.0 Å². The van der Waals surface area contributed by atoms with Crippen LogP contribution in [0.3, 0.4) is 0 Å². The van der Waals surface area contributed by atoms with Crippen LogP contribution in [0.25, 0.3) is 10.4 Å². The predicted molar refractivity (Wildman–Crippen MR) is 139 cm³/mol. The standard InChI is InChI=1S/C26H25N2O4PS/c1-31-33(30,22-6-3-2-4-7-22)32-16-15-19-9-11-20(12-10-19)26(29)28-24-18-21(13-14-23(24)27)25-8-5-17-34-25/h2-14,17-18H,15-16,27H2,1H3,(H,28,29). The van der Waals surface area contributed by atoms with Crippen molar-refractivity contribution in [2.24, 2.45) is 0 Å². The normalized spacial score (nSPS) is 12.7. The highest BCUT2D eigenvalue weighted by atomic mass is 32.1. The van der Waals surface area contributed by atoms with Crippen molar-refractivity contribution in [2.45, 2.75) is 6.42 Å². The summed E-state index contributed by atoms with van der Waals surface area (Å²) in [6.45, 7) is 0.220. The highest BCUT2D eigenvalue weighted by Gasteiger charge is 2.25. The van der Waals surface area contributed by atoms with Crippen molar-refractivity contribution < 1.29 is 18.4 Å². The summed E-state index contributed by atoms with van der Waals surface area (Å²) in [6, 6.07) is 25.7. The van der Waals surface area contributed by atoms with Crippen molar-refractivity contribution in [3.05, 3.63) is 101 Å². The number of hydrogen-bond donors (Lipinski definition) is 2. The lowest BCUT2D eigenvalue weighted by atomic mass is 10.1. The molecule has 0 bridgehead atoms. The fourth-order valence-corrected chi connectivity index (χ4v) is 5.46. The molecule has 0 fully saturated rings. The fraction of sp³-hybridized carbons (Fsp3) is 0.115. The Bertz CT molecular complexity index is 1290. The number of hydrogen-bond acceptors (Lipinski definition) is 6. The molecule has 1 heterocycles. The number of rotatable bonds is 9.